The van der Waals surface area contributed by atoms with Gasteiger partial charge in [-0.15, -0.1) is 0 Å². The zero-order chi connectivity index (χ0) is 32.0. The van der Waals surface area contributed by atoms with Gasteiger partial charge in [-0.2, -0.15) is 0 Å². The third-order valence-corrected chi connectivity index (χ3v) is 9.02. The first-order valence-corrected chi connectivity index (χ1v) is 15.8. The molecule has 2 aliphatic carbocycles. The lowest BCUT2D eigenvalue weighted by Crippen LogP contribution is -2.45. The second-order valence-electron chi connectivity index (χ2n) is 13.5. The molecule has 0 aromatic heterocycles. The number of hydrogen-bond donors (Lipinski definition) is 1. The van der Waals surface area contributed by atoms with E-state index in [9.17, 15) is 19.5 Å². The average molecular weight is 641 g/mol. The van der Waals surface area contributed by atoms with E-state index in [1.165, 1.54) is 0 Å². The number of carbonyl (C=O) groups is 3. The number of Topliss-reactive ketones (excluding diaryl/α,β-unsaturated/α-hetero) is 2. The van der Waals surface area contributed by atoms with E-state index < -0.39 is 11.9 Å². The van der Waals surface area contributed by atoms with Gasteiger partial charge in [-0.05, 0) is 66.0 Å². The van der Waals surface area contributed by atoms with E-state index in [0.29, 0.717) is 70.5 Å². The molecule has 5 rings (SSSR count). The van der Waals surface area contributed by atoms with Crippen LogP contribution in [0.15, 0.2) is 58.9 Å². The van der Waals surface area contributed by atoms with E-state index >= 15 is 0 Å². The smallest absolute Gasteiger partial charge is 0.305 e. The minimum absolute atomic E-state index is 0.0406. The van der Waals surface area contributed by atoms with E-state index in [2.05, 4.69) is 27.7 Å². The Morgan fingerprint density at radius 1 is 0.932 bits per heavy atom. The van der Waals surface area contributed by atoms with Crippen molar-refractivity contribution in [2.24, 2.45) is 10.8 Å². The highest BCUT2D eigenvalue weighted by atomic mass is 35.5. The predicted molar refractivity (Wildman–Crippen MR) is 170 cm³/mol. The SMILES string of the molecule is CCOc1cc(C2C3=C(CC(C)(C)CC3=O)N(CCC(=O)O)C3=C2C(=O)CC(C)(C)C3)cc(Cl)c1OCc1cccc(Cl)c1. The van der Waals surface area contributed by atoms with Crippen LogP contribution in [-0.4, -0.2) is 40.7 Å². The number of carbonyl (C=O) groups excluding carboxylic acids is 2. The number of rotatable bonds is 9. The number of carboxylic acid groups (broad SMARTS) is 1. The lowest BCUT2D eigenvalue weighted by Gasteiger charge is -2.49. The minimum atomic E-state index is -0.930. The summed E-state index contributed by atoms with van der Waals surface area (Å²) in [6.45, 7) is 10.8. The number of ketones is 2. The van der Waals surface area contributed by atoms with Crippen LogP contribution in [0.5, 0.6) is 11.5 Å². The normalized spacial score (nSPS) is 19.6. The molecule has 0 saturated heterocycles. The zero-order valence-corrected chi connectivity index (χ0v) is 27.4. The maximum Gasteiger partial charge on any atom is 0.305 e. The van der Waals surface area contributed by atoms with E-state index in [0.717, 1.165) is 17.0 Å². The topological polar surface area (TPSA) is 93.1 Å². The fourth-order valence-electron chi connectivity index (χ4n) is 6.80. The lowest BCUT2D eigenvalue weighted by molar-refractivity contribution is -0.137. The fourth-order valence-corrected chi connectivity index (χ4v) is 7.28. The summed E-state index contributed by atoms with van der Waals surface area (Å²) < 4.78 is 12.2. The van der Waals surface area contributed by atoms with Crippen molar-refractivity contribution in [3.8, 4) is 11.5 Å². The molecule has 2 aromatic rings. The number of nitrogens with zero attached hydrogens (tertiary/aromatic N) is 1. The van der Waals surface area contributed by atoms with Gasteiger partial charge < -0.3 is 19.5 Å². The molecule has 3 aliphatic rings. The van der Waals surface area contributed by atoms with Gasteiger partial charge in [-0.1, -0.05) is 63.0 Å². The number of hydrogen-bond acceptors (Lipinski definition) is 6. The molecule has 0 bridgehead atoms. The Kier molecular flexibility index (Phi) is 8.94. The van der Waals surface area contributed by atoms with Gasteiger partial charge in [0.05, 0.1) is 18.1 Å². The second-order valence-corrected chi connectivity index (χ2v) is 14.4. The lowest BCUT2D eigenvalue weighted by atomic mass is 9.63. The van der Waals surface area contributed by atoms with Crippen molar-refractivity contribution in [3.63, 3.8) is 0 Å². The molecule has 1 aliphatic heterocycles. The Morgan fingerprint density at radius 3 is 2.09 bits per heavy atom. The van der Waals surface area contributed by atoms with Crippen molar-refractivity contribution in [3.05, 3.63) is 80.1 Å². The first-order valence-electron chi connectivity index (χ1n) is 15.0. The molecule has 0 unspecified atom stereocenters. The van der Waals surface area contributed by atoms with Crippen molar-refractivity contribution in [1.29, 1.82) is 0 Å². The molecule has 44 heavy (non-hydrogen) atoms. The first kappa shape index (κ1) is 32.1. The summed E-state index contributed by atoms with van der Waals surface area (Å²) in [5, 5.41) is 10.5. The van der Waals surface area contributed by atoms with Crippen LogP contribution in [-0.2, 0) is 21.0 Å². The number of benzene rings is 2. The van der Waals surface area contributed by atoms with Crippen LogP contribution in [0.3, 0.4) is 0 Å². The first-order chi connectivity index (χ1) is 20.7. The van der Waals surface area contributed by atoms with Crippen LogP contribution < -0.4 is 9.47 Å². The number of halogens is 2. The van der Waals surface area contributed by atoms with Gasteiger partial charge in [-0.25, -0.2) is 0 Å². The van der Waals surface area contributed by atoms with Crippen LogP contribution in [0.1, 0.15) is 83.8 Å². The molecule has 2 aromatic carbocycles. The van der Waals surface area contributed by atoms with Gasteiger partial charge in [0.1, 0.15) is 6.61 Å². The Bertz CT molecular complexity index is 1530. The molecule has 9 heteroatoms. The van der Waals surface area contributed by atoms with Crippen LogP contribution >= 0.6 is 23.2 Å². The Morgan fingerprint density at radius 2 is 1.55 bits per heavy atom. The number of aliphatic carboxylic acids is 1. The van der Waals surface area contributed by atoms with E-state index in [4.69, 9.17) is 32.7 Å². The minimum Gasteiger partial charge on any atom is -0.490 e. The molecule has 0 amide bonds. The molecule has 0 radical (unpaired) electrons. The monoisotopic (exact) mass is 639 g/mol. The molecule has 0 fully saturated rings. The van der Waals surface area contributed by atoms with Gasteiger partial charge in [0.2, 0.25) is 0 Å². The van der Waals surface area contributed by atoms with Crippen molar-refractivity contribution in [2.45, 2.75) is 79.2 Å². The van der Waals surface area contributed by atoms with Gasteiger partial charge in [0.25, 0.3) is 0 Å². The van der Waals surface area contributed by atoms with Gasteiger partial charge in [-0.3, -0.25) is 14.4 Å². The summed E-state index contributed by atoms with van der Waals surface area (Å²) in [5.41, 5.74) is 3.60. The molecule has 0 spiro atoms. The Balaban J connectivity index is 1.67. The highest BCUT2D eigenvalue weighted by molar-refractivity contribution is 6.32. The maximum atomic E-state index is 14.0. The Labute approximate surface area is 268 Å². The summed E-state index contributed by atoms with van der Waals surface area (Å²) in [4.78, 5) is 41.8. The van der Waals surface area contributed by atoms with Crippen LogP contribution in [0.4, 0.5) is 0 Å². The summed E-state index contributed by atoms with van der Waals surface area (Å²) in [6.07, 6.45) is 1.71. The highest BCUT2D eigenvalue weighted by Gasteiger charge is 2.49. The van der Waals surface area contributed by atoms with Crippen molar-refractivity contribution >= 4 is 40.7 Å². The second kappa shape index (κ2) is 12.2. The quantitative estimate of drug-likeness (QED) is 0.296. The molecule has 1 heterocycles. The summed E-state index contributed by atoms with van der Waals surface area (Å²) in [7, 11) is 0. The third-order valence-electron chi connectivity index (χ3n) is 8.51. The van der Waals surface area contributed by atoms with Crippen LogP contribution in [0.25, 0.3) is 0 Å². The molecular weight excluding hydrogens is 601 g/mol. The summed E-state index contributed by atoms with van der Waals surface area (Å²) >= 11 is 13.1. The molecule has 0 atom stereocenters. The van der Waals surface area contributed by atoms with Crippen molar-refractivity contribution < 1.29 is 29.0 Å². The molecule has 1 N–H and O–H groups in total. The van der Waals surface area contributed by atoms with Crippen LogP contribution in [0, 0.1) is 10.8 Å². The average Bonchev–Trinajstić information content (AvgIpc) is 2.89. The molecule has 234 valence electrons. The van der Waals surface area contributed by atoms with E-state index in [1.54, 1.807) is 12.1 Å². The van der Waals surface area contributed by atoms with Crippen LogP contribution in [0.2, 0.25) is 10.0 Å². The maximum absolute atomic E-state index is 14.0. The molecular formula is C35H39Cl2NO6. The van der Waals surface area contributed by atoms with E-state index in [-0.39, 0.29) is 42.0 Å². The highest BCUT2D eigenvalue weighted by Crippen LogP contribution is 2.55. The fraction of sp³-hybridized carbons (Fsp3) is 0.457. The standard InChI is InChI=1S/C35H39Cl2NO6/c1-6-43-28-14-21(13-23(37)33(28)44-19-20-8-7-9-22(36)12-20)30-31-24(15-34(2,3)17-26(31)39)38(11-10-29(41)42)25-16-35(4,5)18-27(40)32(25)30/h7-9,12-14,30H,6,10-11,15-19H2,1-5H3,(H,41,42). The molecule has 7 nitrogen and oxygen atoms in total. The van der Waals surface area contributed by atoms with E-state index in [1.807, 2.05) is 36.1 Å². The number of carboxylic acids is 1. The van der Waals surface area contributed by atoms with Gasteiger partial charge in [0.15, 0.2) is 23.1 Å². The summed E-state index contributed by atoms with van der Waals surface area (Å²) in [6, 6.07) is 11.0. The largest absolute Gasteiger partial charge is 0.490 e. The van der Waals surface area contributed by atoms with Crippen molar-refractivity contribution in [2.75, 3.05) is 13.2 Å². The summed E-state index contributed by atoms with van der Waals surface area (Å²) in [5.74, 6) is -0.872. The van der Waals surface area contributed by atoms with Gasteiger partial charge >= 0.3 is 5.97 Å². The van der Waals surface area contributed by atoms with Crippen molar-refractivity contribution in [1.82, 2.24) is 4.90 Å². The Hall–Kier alpha value is -3.29. The van der Waals surface area contributed by atoms with Gasteiger partial charge in [0, 0.05) is 52.9 Å². The number of allylic oxidation sites excluding steroid dienone is 4. The number of ether oxygens (including phenoxy) is 2. The zero-order valence-electron chi connectivity index (χ0n) is 25.9. The third kappa shape index (κ3) is 6.54. The predicted octanol–water partition coefficient (Wildman–Crippen LogP) is 8.13. The molecule has 0 saturated carbocycles.